The summed E-state index contributed by atoms with van der Waals surface area (Å²) in [6.45, 7) is 1.82. The van der Waals surface area contributed by atoms with E-state index >= 15 is 0 Å². The van der Waals surface area contributed by atoms with Crippen LogP contribution in [0.15, 0.2) is 65.7 Å². The van der Waals surface area contributed by atoms with Gasteiger partial charge in [0.2, 0.25) is 10.0 Å². The molecule has 3 N–H and O–H groups in total. The summed E-state index contributed by atoms with van der Waals surface area (Å²) in [6.07, 6.45) is 3.06. The van der Waals surface area contributed by atoms with Crippen LogP contribution in [0.3, 0.4) is 0 Å². The number of sulfonamides is 1. The van der Waals surface area contributed by atoms with Gasteiger partial charge in [-0.2, -0.15) is 0 Å². The Hall–Kier alpha value is -2.79. The fraction of sp³-hybridized carbons (Fsp3) is 0.273. The van der Waals surface area contributed by atoms with Crippen molar-refractivity contribution < 1.29 is 18.4 Å². The van der Waals surface area contributed by atoms with Crippen LogP contribution < -0.4 is 15.1 Å². The predicted molar refractivity (Wildman–Crippen MR) is 123 cm³/mol. The molecule has 3 aromatic rings. The molecule has 0 radical (unpaired) electrons. The van der Waals surface area contributed by atoms with Gasteiger partial charge in [-0.25, -0.2) is 23.6 Å². The minimum absolute atomic E-state index is 0.213. The van der Waals surface area contributed by atoms with Crippen LogP contribution in [-0.2, 0) is 10.0 Å². The van der Waals surface area contributed by atoms with Gasteiger partial charge in [0.1, 0.15) is 4.88 Å². The molecule has 32 heavy (non-hydrogen) atoms. The molecular weight excluding hydrogens is 448 g/mol. The summed E-state index contributed by atoms with van der Waals surface area (Å²) in [6, 6.07) is 16.5. The molecule has 0 aliphatic carbocycles. The minimum atomic E-state index is -3.66. The van der Waals surface area contributed by atoms with Crippen molar-refractivity contribution in [3.63, 3.8) is 0 Å². The largest absolute Gasteiger partial charge is 0.348 e. The normalized spacial score (nSPS) is 15.0. The summed E-state index contributed by atoms with van der Waals surface area (Å²) in [7, 11) is -3.66. The van der Waals surface area contributed by atoms with Crippen LogP contribution in [0.5, 0.6) is 0 Å². The first-order chi connectivity index (χ1) is 15.5. The van der Waals surface area contributed by atoms with Crippen LogP contribution in [-0.4, -0.2) is 44.2 Å². The van der Waals surface area contributed by atoms with Gasteiger partial charge in [0.15, 0.2) is 5.13 Å². The lowest BCUT2D eigenvalue weighted by Crippen LogP contribution is -2.38. The van der Waals surface area contributed by atoms with Gasteiger partial charge in [-0.1, -0.05) is 59.9 Å². The van der Waals surface area contributed by atoms with E-state index < -0.39 is 15.9 Å². The number of aromatic nitrogens is 1. The monoisotopic (exact) mass is 472 g/mol. The lowest BCUT2D eigenvalue weighted by atomic mass is 9.97. The zero-order chi connectivity index (χ0) is 22.6. The number of anilines is 1. The smallest absolute Gasteiger partial charge is 0.286 e. The van der Waals surface area contributed by atoms with Crippen molar-refractivity contribution in [2.24, 2.45) is 5.92 Å². The topological polar surface area (TPSA) is 112 Å². The lowest BCUT2D eigenvalue weighted by molar-refractivity contribution is 0.0710. The third kappa shape index (κ3) is 4.99. The predicted octanol–water partition coefficient (Wildman–Crippen LogP) is 3.12. The Balaban J connectivity index is 1.37. The van der Waals surface area contributed by atoms with E-state index in [4.69, 9.17) is 5.21 Å². The Bertz CT molecular complexity index is 1170. The summed E-state index contributed by atoms with van der Waals surface area (Å²) < 4.78 is 28.9. The molecule has 1 saturated heterocycles. The quantitative estimate of drug-likeness (QED) is 0.360. The number of piperidine rings is 1. The second kappa shape index (κ2) is 9.78. The summed E-state index contributed by atoms with van der Waals surface area (Å²) >= 11 is 1.22. The number of hydrogen-bond acceptors (Lipinski definition) is 7. The van der Waals surface area contributed by atoms with E-state index in [1.807, 2.05) is 42.5 Å². The van der Waals surface area contributed by atoms with Gasteiger partial charge in [0, 0.05) is 25.2 Å². The van der Waals surface area contributed by atoms with Crippen molar-refractivity contribution in [1.82, 2.24) is 15.2 Å². The van der Waals surface area contributed by atoms with Gasteiger partial charge in [-0.05, 0) is 30.4 Å². The van der Waals surface area contributed by atoms with Gasteiger partial charge in [-0.15, -0.1) is 0 Å². The van der Waals surface area contributed by atoms with Crippen LogP contribution in [0.4, 0.5) is 5.13 Å². The summed E-state index contributed by atoms with van der Waals surface area (Å²) in [5.41, 5.74) is 3.15. The maximum atomic E-state index is 13.1. The third-order valence-electron chi connectivity index (χ3n) is 5.53. The molecule has 1 aromatic heterocycles. The van der Waals surface area contributed by atoms with Crippen molar-refractivity contribution in [1.29, 1.82) is 0 Å². The standard InChI is InChI=1S/C22H24N4O4S2/c27-21(25-28)19-15-23-22(31-19)26-12-10-16(11-13-26)14-24-32(29,30)20-9-5-4-8-18(20)17-6-2-1-3-7-17/h1-9,15-16,24,28H,10-14H2,(H,25,27). The van der Waals surface area contributed by atoms with Gasteiger partial charge < -0.3 is 4.90 Å². The molecule has 2 heterocycles. The molecule has 10 heteroatoms. The summed E-state index contributed by atoms with van der Waals surface area (Å²) in [5, 5.41) is 9.46. The van der Waals surface area contributed by atoms with Crippen molar-refractivity contribution in [2.45, 2.75) is 17.7 Å². The molecule has 1 aliphatic heterocycles. The Labute approximate surface area is 190 Å². The average Bonchev–Trinajstić information content (AvgIpc) is 3.34. The first kappa shape index (κ1) is 22.4. The molecule has 0 spiro atoms. The molecule has 0 atom stereocenters. The van der Waals surface area contributed by atoms with Crippen LogP contribution in [0.2, 0.25) is 0 Å². The third-order valence-corrected chi connectivity index (χ3v) is 8.07. The number of hydrogen-bond donors (Lipinski definition) is 3. The first-order valence-electron chi connectivity index (χ1n) is 10.3. The molecule has 0 bridgehead atoms. The summed E-state index contributed by atoms with van der Waals surface area (Å²) in [4.78, 5) is 18.5. The van der Waals surface area contributed by atoms with E-state index in [1.165, 1.54) is 17.5 Å². The fourth-order valence-electron chi connectivity index (χ4n) is 3.76. The number of hydroxylamine groups is 1. The number of nitrogens with zero attached hydrogens (tertiary/aromatic N) is 2. The van der Waals surface area contributed by atoms with Crippen LogP contribution in [0.25, 0.3) is 11.1 Å². The maximum absolute atomic E-state index is 13.1. The van der Waals surface area contributed by atoms with E-state index in [0.717, 1.165) is 36.6 Å². The first-order valence-corrected chi connectivity index (χ1v) is 12.6. The molecule has 4 rings (SSSR count). The second-order valence-electron chi connectivity index (χ2n) is 7.59. The van der Waals surface area contributed by atoms with Crippen molar-refractivity contribution >= 4 is 32.4 Å². The van der Waals surface area contributed by atoms with Crippen LogP contribution in [0.1, 0.15) is 22.5 Å². The Morgan fingerprint density at radius 2 is 1.78 bits per heavy atom. The van der Waals surface area contributed by atoms with E-state index in [2.05, 4.69) is 14.6 Å². The molecule has 1 aliphatic rings. The van der Waals surface area contributed by atoms with Crippen molar-refractivity contribution in [3.05, 3.63) is 65.7 Å². The number of thiazole rings is 1. The van der Waals surface area contributed by atoms with Gasteiger partial charge in [-0.3, -0.25) is 10.0 Å². The number of nitrogens with one attached hydrogen (secondary N) is 2. The highest BCUT2D eigenvalue weighted by Crippen LogP contribution is 2.29. The SMILES string of the molecule is O=C(NO)c1cnc(N2CCC(CNS(=O)(=O)c3ccccc3-c3ccccc3)CC2)s1. The van der Waals surface area contributed by atoms with Gasteiger partial charge >= 0.3 is 0 Å². The fourth-order valence-corrected chi connectivity index (χ4v) is 5.96. The van der Waals surface area contributed by atoms with E-state index in [-0.39, 0.29) is 10.8 Å². The number of carbonyl (C=O) groups excluding carboxylic acids is 1. The molecule has 168 valence electrons. The lowest BCUT2D eigenvalue weighted by Gasteiger charge is -2.31. The molecule has 0 unspecified atom stereocenters. The molecule has 1 amide bonds. The molecule has 8 nitrogen and oxygen atoms in total. The van der Waals surface area contributed by atoms with E-state index in [9.17, 15) is 13.2 Å². The number of amides is 1. The number of carbonyl (C=O) groups is 1. The van der Waals surface area contributed by atoms with Gasteiger partial charge in [0.25, 0.3) is 5.91 Å². The highest BCUT2D eigenvalue weighted by Gasteiger charge is 2.25. The van der Waals surface area contributed by atoms with Crippen molar-refractivity contribution in [3.8, 4) is 11.1 Å². The Kier molecular flexibility index (Phi) is 6.85. The minimum Gasteiger partial charge on any atom is -0.348 e. The summed E-state index contributed by atoms with van der Waals surface area (Å²) in [5.74, 6) is -0.362. The number of rotatable bonds is 7. The Morgan fingerprint density at radius 1 is 1.09 bits per heavy atom. The van der Waals surface area contributed by atoms with E-state index in [1.54, 1.807) is 17.6 Å². The highest BCUT2D eigenvalue weighted by molar-refractivity contribution is 7.89. The van der Waals surface area contributed by atoms with Crippen LogP contribution in [0, 0.1) is 5.92 Å². The zero-order valence-electron chi connectivity index (χ0n) is 17.3. The van der Waals surface area contributed by atoms with Crippen molar-refractivity contribution in [2.75, 3.05) is 24.5 Å². The maximum Gasteiger partial charge on any atom is 0.286 e. The van der Waals surface area contributed by atoms with E-state index in [0.29, 0.717) is 17.0 Å². The van der Waals surface area contributed by atoms with Crippen LogP contribution >= 0.6 is 11.3 Å². The second-order valence-corrected chi connectivity index (χ2v) is 10.3. The molecule has 1 fully saturated rings. The van der Waals surface area contributed by atoms with Gasteiger partial charge in [0.05, 0.1) is 11.1 Å². The molecule has 0 saturated carbocycles. The Morgan fingerprint density at radius 3 is 2.50 bits per heavy atom. The number of benzene rings is 2. The molecular formula is C22H24N4O4S2. The molecule has 2 aromatic carbocycles. The zero-order valence-corrected chi connectivity index (χ0v) is 18.9. The highest BCUT2D eigenvalue weighted by atomic mass is 32.2. The average molecular weight is 473 g/mol.